The first-order valence-corrected chi connectivity index (χ1v) is 7.11. The number of likely N-dealkylation sites (tertiary alicyclic amines) is 1. The Labute approximate surface area is 115 Å². The van der Waals surface area contributed by atoms with Gasteiger partial charge in [0.05, 0.1) is 19.2 Å². The van der Waals surface area contributed by atoms with E-state index in [0.717, 1.165) is 18.7 Å². The maximum atomic E-state index is 12.4. The second kappa shape index (κ2) is 6.71. The lowest BCUT2D eigenvalue weighted by atomic mass is 10.1. The fourth-order valence-corrected chi connectivity index (χ4v) is 2.61. The van der Waals surface area contributed by atoms with Crippen LogP contribution in [0.1, 0.15) is 41.6 Å². The summed E-state index contributed by atoms with van der Waals surface area (Å²) in [5, 5.41) is 0. The molecule has 0 saturated carbocycles. The average molecular weight is 261 g/mol. The monoisotopic (exact) mass is 261 g/mol. The fourth-order valence-electron chi connectivity index (χ4n) is 2.61. The van der Waals surface area contributed by atoms with Gasteiger partial charge in [-0.05, 0) is 50.6 Å². The van der Waals surface area contributed by atoms with Gasteiger partial charge >= 0.3 is 0 Å². The molecule has 1 aromatic carbocycles. The summed E-state index contributed by atoms with van der Waals surface area (Å²) >= 11 is 0. The van der Waals surface area contributed by atoms with Gasteiger partial charge in [-0.15, -0.1) is 0 Å². The second-order valence-corrected chi connectivity index (χ2v) is 5.32. The number of ether oxygens (including phenoxy) is 1. The van der Waals surface area contributed by atoms with E-state index in [9.17, 15) is 4.79 Å². The van der Waals surface area contributed by atoms with E-state index in [-0.39, 0.29) is 5.78 Å². The van der Waals surface area contributed by atoms with Crippen molar-refractivity contribution in [3.63, 3.8) is 0 Å². The first-order valence-electron chi connectivity index (χ1n) is 7.11. The summed E-state index contributed by atoms with van der Waals surface area (Å²) in [6.07, 6.45) is 4.99. The molecule has 19 heavy (non-hydrogen) atoms. The van der Waals surface area contributed by atoms with Crippen LogP contribution in [-0.2, 0) is 0 Å². The Morgan fingerprint density at radius 1 is 1.21 bits per heavy atom. The molecular weight excluding hydrogens is 238 g/mol. The third kappa shape index (κ3) is 3.80. The largest absolute Gasteiger partial charge is 0.496 e. The molecule has 2 rings (SSSR count). The van der Waals surface area contributed by atoms with Crippen LogP contribution in [0.2, 0.25) is 0 Å². The van der Waals surface area contributed by atoms with Gasteiger partial charge in [0, 0.05) is 0 Å². The zero-order valence-electron chi connectivity index (χ0n) is 11.9. The molecule has 0 N–H and O–H groups in total. The van der Waals surface area contributed by atoms with Gasteiger partial charge in [-0.1, -0.05) is 18.9 Å². The highest BCUT2D eigenvalue weighted by molar-refractivity contribution is 6.00. The summed E-state index contributed by atoms with van der Waals surface area (Å²) in [5.74, 6) is 0.860. The highest BCUT2D eigenvalue weighted by atomic mass is 16.5. The predicted molar refractivity (Wildman–Crippen MR) is 77.0 cm³/mol. The minimum Gasteiger partial charge on any atom is -0.496 e. The van der Waals surface area contributed by atoms with Crippen LogP contribution in [0, 0.1) is 6.92 Å². The lowest BCUT2D eigenvalue weighted by Crippen LogP contribution is -2.31. The van der Waals surface area contributed by atoms with E-state index in [1.807, 2.05) is 25.1 Å². The number of nitrogens with zero attached hydrogens (tertiary/aromatic N) is 1. The minimum atomic E-state index is 0.166. The van der Waals surface area contributed by atoms with Crippen molar-refractivity contribution in [2.24, 2.45) is 0 Å². The molecule has 3 heteroatoms. The van der Waals surface area contributed by atoms with Crippen LogP contribution in [-0.4, -0.2) is 37.4 Å². The van der Waals surface area contributed by atoms with Gasteiger partial charge in [-0.3, -0.25) is 9.69 Å². The van der Waals surface area contributed by atoms with Crippen molar-refractivity contribution in [3.8, 4) is 5.75 Å². The number of hydrogen-bond donors (Lipinski definition) is 0. The van der Waals surface area contributed by atoms with Gasteiger partial charge in [-0.25, -0.2) is 0 Å². The van der Waals surface area contributed by atoms with Gasteiger partial charge in [0.25, 0.3) is 0 Å². The first-order chi connectivity index (χ1) is 9.20. The number of carbonyl (C=O) groups excluding carboxylic acids is 1. The Morgan fingerprint density at radius 2 is 1.89 bits per heavy atom. The van der Waals surface area contributed by atoms with Crippen molar-refractivity contribution < 1.29 is 9.53 Å². The van der Waals surface area contributed by atoms with Crippen LogP contribution < -0.4 is 4.74 Å². The zero-order chi connectivity index (χ0) is 13.7. The van der Waals surface area contributed by atoms with E-state index in [1.54, 1.807) is 7.11 Å². The van der Waals surface area contributed by atoms with Crippen molar-refractivity contribution in [1.29, 1.82) is 0 Å². The van der Waals surface area contributed by atoms with Crippen molar-refractivity contribution in [2.45, 2.75) is 32.6 Å². The summed E-state index contributed by atoms with van der Waals surface area (Å²) in [7, 11) is 1.62. The van der Waals surface area contributed by atoms with Crippen LogP contribution in [0.4, 0.5) is 0 Å². The maximum Gasteiger partial charge on any atom is 0.180 e. The lowest BCUT2D eigenvalue weighted by Gasteiger charge is -2.19. The number of methoxy groups -OCH3 is 1. The van der Waals surface area contributed by atoms with E-state index < -0.39 is 0 Å². The maximum absolute atomic E-state index is 12.4. The molecule has 0 atom stereocenters. The molecule has 0 spiro atoms. The molecule has 0 bridgehead atoms. The Bertz CT molecular complexity index is 434. The van der Waals surface area contributed by atoms with Gasteiger partial charge < -0.3 is 4.74 Å². The number of Topliss-reactive ketones (excluding diaryl/α,β-unsaturated/α-hetero) is 1. The lowest BCUT2D eigenvalue weighted by molar-refractivity contribution is 0.0930. The number of hydrogen-bond acceptors (Lipinski definition) is 3. The molecular formula is C16H23NO2. The molecule has 1 aromatic rings. The molecule has 1 aliphatic heterocycles. The van der Waals surface area contributed by atoms with E-state index in [4.69, 9.17) is 4.74 Å². The number of carbonyl (C=O) groups is 1. The smallest absolute Gasteiger partial charge is 0.180 e. The highest BCUT2D eigenvalue weighted by Crippen LogP contribution is 2.21. The Kier molecular flexibility index (Phi) is 4.97. The van der Waals surface area contributed by atoms with Crippen LogP contribution >= 0.6 is 0 Å². The summed E-state index contributed by atoms with van der Waals surface area (Å²) in [5.41, 5.74) is 1.82. The molecule has 1 saturated heterocycles. The average Bonchev–Trinajstić information content (AvgIpc) is 2.67. The summed E-state index contributed by atoms with van der Waals surface area (Å²) in [4.78, 5) is 14.7. The molecule has 104 valence electrons. The van der Waals surface area contributed by atoms with Gasteiger partial charge in [0.2, 0.25) is 0 Å². The van der Waals surface area contributed by atoms with Crippen molar-refractivity contribution in [3.05, 3.63) is 29.3 Å². The van der Waals surface area contributed by atoms with E-state index >= 15 is 0 Å². The first kappa shape index (κ1) is 14.1. The van der Waals surface area contributed by atoms with Crippen molar-refractivity contribution in [2.75, 3.05) is 26.7 Å². The summed E-state index contributed by atoms with van der Waals surface area (Å²) in [6.45, 7) is 4.60. The van der Waals surface area contributed by atoms with Crippen LogP contribution in [0.3, 0.4) is 0 Å². The quantitative estimate of drug-likeness (QED) is 0.780. The van der Waals surface area contributed by atoms with Crippen LogP contribution in [0.15, 0.2) is 18.2 Å². The molecule has 3 nitrogen and oxygen atoms in total. The third-order valence-corrected chi connectivity index (χ3v) is 3.72. The topological polar surface area (TPSA) is 29.5 Å². The van der Waals surface area contributed by atoms with E-state index in [1.165, 1.54) is 25.7 Å². The van der Waals surface area contributed by atoms with Gasteiger partial charge in [0.15, 0.2) is 5.78 Å². The number of ketones is 1. The van der Waals surface area contributed by atoms with E-state index in [0.29, 0.717) is 17.9 Å². The molecule has 0 radical (unpaired) electrons. The molecule has 0 aliphatic carbocycles. The molecule has 1 aliphatic rings. The van der Waals surface area contributed by atoms with Crippen molar-refractivity contribution >= 4 is 5.78 Å². The van der Waals surface area contributed by atoms with Crippen molar-refractivity contribution in [1.82, 2.24) is 4.90 Å². The zero-order valence-corrected chi connectivity index (χ0v) is 11.9. The number of rotatable bonds is 4. The predicted octanol–water partition coefficient (Wildman–Crippen LogP) is 3.06. The number of benzene rings is 1. The highest BCUT2D eigenvalue weighted by Gasteiger charge is 2.17. The second-order valence-electron chi connectivity index (χ2n) is 5.32. The molecule has 0 amide bonds. The third-order valence-electron chi connectivity index (χ3n) is 3.72. The Balaban J connectivity index is 2.06. The number of aryl methyl sites for hydroxylation is 1. The molecule has 0 aromatic heterocycles. The molecule has 1 heterocycles. The van der Waals surface area contributed by atoms with Crippen LogP contribution in [0.25, 0.3) is 0 Å². The minimum absolute atomic E-state index is 0.166. The summed E-state index contributed by atoms with van der Waals surface area (Å²) in [6, 6.07) is 5.78. The molecule has 1 fully saturated rings. The van der Waals surface area contributed by atoms with Gasteiger partial charge in [-0.2, -0.15) is 0 Å². The fraction of sp³-hybridized carbons (Fsp3) is 0.562. The SMILES string of the molecule is COc1cc(C)ccc1C(=O)CN1CCCCCC1. The standard InChI is InChI=1S/C16H23NO2/c1-13-7-8-14(16(11-13)19-2)15(18)12-17-9-5-3-4-6-10-17/h7-8,11H,3-6,9-10,12H2,1-2H3. The molecule has 0 unspecified atom stereocenters. The van der Waals surface area contributed by atoms with E-state index in [2.05, 4.69) is 4.90 Å². The Morgan fingerprint density at radius 3 is 2.53 bits per heavy atom. The Hall–Kier alpha value is -1.35. The van der Waals surface area contributed by atoms with Gasteiger partial charge in [0.1, 0.15) is 5.75 Å². The normalized spacial score (nSPS) is 16.9. The van der Waals surface area contributed by atoms with Crippen LogP contribution in [0.5, 0.6) is 5.75 Å². The summed E-state index contributed by atoms with van der Waals surface area (Å²) < 4.78 is 5.32.